The molecule has 0 unspecified atom stereocenters. The third kappa shape index (κ3) is 3.47. The quantitative estimate of drug-likeness (QED) is 0.498. The van der Waals surface area contributed by atoms with Crippen LogP contribution in [0.3, 0.4) is 0 Å². The van der Waals surface area contributed by atoms with E-state index < -0.39 is 35.7 Å². The summed E-state index contributed by atoms with van der Waals surface area (Å²) in [6.07, 6.45) is -1.15. The number of nitrogens with zero attached hydrogens (tertiary/aromatic N) is 2. The van der Waals surface area contributed by atoms with Gasteiger partial charge >= 0.3 is 0 Å². The number of benzene rings is 3. The van der Waals surface area contributed by atoms with Gasteiger partial charge in [0.2, 0.25) is 11.7 Å². The first kappa shape index (κ1) is 22.7. The molecule has 0 spiro atoms. The van der Waals surface area contributed by atoms with Gasteiger partial charge in [-0.2, -0.15) is 0 Å². The van der Waals surface area contributed by atoms with E-state index in [-0.39, 0.29) is 5.69 Å². The summed E-state index contributed by atoms with van der Waals surface area (Å²) in [7, 11) is 4.47. The number of methoxy groups -OCH3 is 3. The van der Waals surface area contributed by atoms with Crippen LogP contribution in [0.15, 0.2) is 66.7 Å². The monoisotopic (exact) mass is 478 g/mol. The van der Waals surface area contributed by atoms with Gasteiger partial charge in [0.15, 0.2) is 17.6 Å². The van der Waals surface area contributed by atoms with Crippen LogP contribution in [0.4, 0.5) is 15.8 Å². The van der Waals surface area contributed by atoms with E-state index in [9.17, 15) is 14.0 Å². The first-order valence-electron chi connectivity index (χ1n) is 10.9. The second-order valence-electron chi connectivity index (χ2n) is 8.04. The smallest absolute Gasteiger partial charge is 0.266 e. The molecule has 9 heteroatoms. The Morgan fingerprint density at radius 2 is 1.49 bits per heavy atom. The van der Waals surface area contributed by atoms with Crippen LogP contribution in [0.5, 0.6) is 17.2 Å². The molecule has 0 bridgehead atoms. The van der Waals surface area contributed by atoms with E-state index >= 15 is 0 Å². The Bertz CT molecular complexity index is 1280. The fourth-order valence-electron chi connectivity index (χ4n) is 4.76. The Balaban J connectivity index is 1.67. The lowest BCUT2D eigenvalue weighted by Gasteiger charge is -2.30. The first-order chi connectivity index (χ1) is 17.0. The highest BCUT2D eigenvalue weighted by atomic mass is 19.1. The number of fused-ring (bicyclic) bond motifs is 1. The zero-order valence-electron chi connectivity index (χ0n) is 19.3. The van der Waals surface area contributed by atoms with E-state index in [0.717, 1.165) is 4.90 Å². The summed E-state index contributed by atoms with van der Waals surface area (Å²) in [6, 6.07) is 17.5. The molecule has 0 N–H and O–H groups in total. The molecule has 3 atom stereocenters. The van der Waals surface area contributed by atoms with Gasteiger partial charge in [0.25, 0.3) is 5.91 Å². The summed E-state index contributed by atoms with van der Waals surface area (Å²) in [4.78, 5) is 34.1. The molecular formula is C26H23FN2O6. The van der Waals surface area contributed by atoms with Gasteiger partial charge < -0.3 is 14.2 Å². The topological polar surface area (TPSA) is 77.5 Å². The summed E-state index contributed by atoms with van der Waals surface area (Å²) < 4.78 is 31.2. The lowest BCUT2D eigenvalue weighted by Crippen LogP contribution is -2.38. The molecule has 3 aromatic rings. The molecule has 3 aromatic carbocycles. The predicted molar refractivity (Wildman–Crippen MR) is 125 cm³/mol. The predicted octanol–water partition coefficient (Wildman–Crippen LogP) is 3.90. The average Bonchev–Trinajstić information content (AvgIpc) is 3.39. The van der Waals surface area contributed by atoms with Gasteiger partial charge in [-0.15, -0.1) is 0 Å². The number of hydrogen-bond acceptors (Lipinski definition) is 7. The number of halogens is 1. The van der Waals surface area contributed by atoms with Crippen LogP contribution in [-0.4, -0.2) is 39.2 Å². The second-order valence-corrected chi connectivity index (χ2v) is 8.04. The van der Waals surface area contributed by atoms with Crippen LogP contribution in [0.1, 0.15) is 11.6 Å². The molecule has 5 rings (SSSR count). The van der Waals surface area contributed by atoms with Crippen LogP contribution in [0, 0.1) is 11.7 Å². The molecular weight excluding hydrogens is 455 g/mol. The molecule has 2 amide bonds. The van der Waals surface area contributed by atoms with Gasteiger partial charge in [-0.1, -0.05) is 30.3 Å². The number of ether oxygens (including phenoxy) is 3. The molecule has 2 aliphatic heterocycles. The van der Waals surface area contributed by atoms with Crippen LogP contribution < -0.4 is 24.2 Å². The van der Waals surface area contributed by atoms with Gasteiger partial charge in [-0.05, 0) is 36.4 Å². The molecule has 2 saturated heterocycles. The van der Waals surface area contributed by atoms with Gasteiger partial charge in [0.1, 0.15) is 17.8 Å². The molecule has 8 nitrogen and oxygen atoms in total. The summed E-state index contributed by atoms with van der Waals surface area (Å²) in [6.45, 7) is 0. The van der Waals surface area contributed by atoms with Crippen LogP contribution in [0.2, 0.25) is 0 Å². The number of carbonyl (C=O) groups is 2. The Morgan fingerprint density at radius 3 is 2.14 bits per heavy atom. The lowest BCUT2D eigenvalue weighted by molar-refractivity contribution is -0.126. The minimum absolute atomic E-state index is 0.107. The van der Waals surface area contributed by atoms with E-state index in [4.69, 9.17) is 19.0 Å². The summed E-state index contributed by atoms with van der Waals surface area (Å²) in [5, 5.41) is 1.54. The first-order valence-corrected chi connectivity index (χ1v) is 10.9. The van der Waals surface area contributed by atoms with E-state index in [1.165, 1.54) is 44.6 Å². The van der Waals surface area contributed by atoms with Gasteiger partial charge in [0, 0.05) is 5.56 Å². The summed E-state index contributed by atoms with van der Waals surface area (Å²) in [5.41, 5.74) is 1.09. The maximum atomic E-state index is 14.6. The van der Waals surface area contributed by atoms with E-state index in [2.05, 4.69) is 0 Å². The highest BCUT2D eigenvalue weighted by Gasteiger charge is 2.61. The number of para-hydroxylation sites is 2. The fraction of sp³-hybridized carbons (Fsp3) is 0.231. The van der Waals surface area contributed by atoms with Crippen molar-refractivity contribution in [2.75, 3.05) is 31.3 Å². The van der Waals surface area contributed by atoms with Crippen molar-refractivity contribution < 1.29 is 33.0 Å². The van der Waals surface area contributed by atoms with Crippen molar-refractivity contribution in [1.82, 2.24) is 0 Å². The van der Waals surface area contributed by atoms with Gasteiger partial charge in [0.05, 0.1) is 32.7 Å². The van der Waals surface area contributed by atoms with Crippen molar-refractivity contribution in [3.8, 4) is 17.2 Å². The van der Waals surface area contributed by atoms with Crippen molar-refractivity contribution in [3.05, 3.63) is 78.1 Å². The highest BCUT2D eigenvalue weighted by Crippen LogP contribution is 2.52. The van der Waals surface area contributed by atoms with E-state index in [1.54, 1.807) is 18.2 Å². The zero-order chi connectivity index (χ0) is 24.7. The number of amides is 2. The molecule has 0 radical (unpaired) electrons. The average molecular weight is 478 g/mol. The number of anilines is 2. The lowest BCUT2D eigenvalue weighted by atomic mass is 9.89. The summed E-state index contributed by atoms with van der Waals surface area (Å²) in [5.74, 6) is -1.71. The molecule has 180 valence electrons. The Labute approximate surface area is 201 Å². The Morgan fingerprint density at radius 1 is 0.800 bits per heavy atom. The van der Waals surface area contributed by atoms with Crippen LogP contribution >= 0.6 is 0 Å². The Kier molecular flexibility index (Phi) is 5.78. The Hall–Kier alpha value is -4.11. The van der Waals surface area contributed by atoms with Crippen LogP contribution in [-0.2, 0) is 14.4 Å². The standard InChI is InChI=1S/C26H23FN2O6/c1-32-19-14-13-16(22(33-2)23(19)34-3)21-20-24(35-29(21)15-9-5-4-6-10-15)26(31)28(25(20)30)18-12-8-7-11-17(18)27/h4-14,20-21,24H,1-3H3/t20-,21+,24+/m0/s1. The highest BCUT2D eigenvalue weighted by molar-refractivity contribution is 6.24. The SMILES string of the molecule is COc1ccc([C@@H]2[C@@H]3C(=O)N(c4ccccc4F)C(=O)[C@@H]3ON2c2ccccc2)c(OC)c1OC. The van der Waals surface area contributed by atoms with Crippen molar-refractivity contribution in [1.29, 1.82) is 0 Å². The number of rotatable bonds is 6. The van der Waals surface area contributed by atoms with Crippen molar-refractivity contribution in [3.63, 3.8) is 0 Å². The minimum Gasteiger partial charge on any atom is -0.493 e. The third-order valence-corrected chi connectivity index (χ3v) is 6.27. The molecule has 2 fully saturated rings. The number of imide groups is 1. The summed E-state index contributed by atoms with van der Waals surface area (Å²) >= 11 is 0. The minimum atomic E-state index is -1.15. The molecule has 0 aliphatic carbocycles. The number of hydroxylamine groups is 1. The van der Waals surface area contributed by atoms with Crippen molar-refractivity contribution in [2.45, 2.75) is 12.1 Å². The maximum absolute atomic E-state index is 14.6. The zero-order valence-corrected chi connectivity index (χ0v) is 19.3. The van der Waals surface area contributed by atoms with Gasteiger partial charge in [-0.3, -0.25) is 14.4 Å². The van der Waals surface area contributed by atoms with Gasteiger partial charge in [-0.25, -0.2) is 14.4 Å². The third-order valence-electron chi connectivity index (χ3n) is 6.27. The van der Waals surface area contributed by atoms with Crippen LogP contribution in [0.25, 0.3) is 0 Å². The molecule has 0 aromatic heterocycles. The molecule has 35 heavy (non-hydrogen) atoms. The number of carbonyl (C=O) groups excluding carboxylic acids is 2. The normalized spacial score (nSPS) is 21.3. The number of hydrogen-bond donors (Lipinski definition) is 0. The van der Waals surface area contributed by atoms with E-state index in [0.29, 0.717) is 28.5 Å². The van der Waals surface area contributed by atoms with Crippen molar-refractivity contribution in [2.24, 2.45) is 5.92 Å². The van der Waals surface area contributed by atoms with Crippen molar-refractivity contribution >= 4 is 23.2 Å². The molecule has 2 aliphatic rings. The fourth-order valence-corrected chi connectivity index (χ4v) is 4.76. The molecule has 0 saturated carbocycles. The largest absolute Gasteiger partial charge is 0.493 e. The van der Waals surface area contributed by atoms with E-state index in [1.807, 2.05) is 30.3 Å². The maximum Gasteiger partial charge on any atom is 0.266 e. The molecule has 2 heterocycles. The second kappa shape index (κ2) is 8.92.